The molecule has 0 aliphatic rings. The first kappa shape index (κ1) is 55.0. The van der Waals surface area contributed by atoms with Crippen molar-refractivity contribution in [2.75, 3.05) is 0 Å². The van der Waals surface area contributed by atoms with Gasteiger partial charge in [0.05, 0.1) is 20.8 Å². The highest BCUT2D eigenvalue weighted by Gasteiger charge is 2.37. The molecule has 5 unspecified atom stereocenters. The average Bonchev–Trinajstić information content (AvgIpc) is 3.32. The molecule has 0 aliphatic carbocycles. The van der Waals surface area contributed by atoms with Crippen molar-refractivity contribution in [3.05, 3.63) is 260 Å². The highest BCUT2D eigenvalue weighted by atomic mass is 14.4. The molecule has 0 saturated carbocycles. The second-order valence-electron chi connectivity index (χ2n) is 25.2. The third-order valence-electron chi connectivity index (χ3n) is 16.2. The van der Waals surface area contributed by atoms with Crippen molar-refractivity contribution in [3.63, 3.8) is 0 Å². The lowest BCUT2D eigenvalue weighted by molar-refractivity contribution is 0.366. The van der Waals surface area contributed by atoms with Gasteiger partial charge < -0.3 is 20.8 Å². The van der Waals surface area contributed by atoms with E-state index in [1.807, 2.05) is 6.08 Å². The molecule has 0 radical (unpaired) electrons. The minimum atomic E-state index is -0.204. The maximum atomic E-state index is 4.81. The van der Waals surface area contributed by atoms with Crippen LogP contribution in [0, 0.1) is 41.5 Å². The van der Waals surface area contributed by atoms with E-state index in [4.69, 9.17) is 13.8 Å². The molecule has 71 heavy (non-hydrogen) atoms. The van der Waals surface area contributed by atoms with E-state index >= 15 is 0 Å². The third-order valence-corrected chi connectivity index (χ3v) is 16.2. The Kier molecular flexibility index (Phi) is 16.6. The molecule has 6 rings (SSSR count). The predicted octanol–water partition coefficient (Wildman–Crippen LogP) is 19.5. The van der Waals surface area contributed by atoms with E-state index in [-0.39, 0.29) is 62.1 Å². The van der Waals surface area contributed by atoms with E-state index in [1.165, 1.54) is 61.2 Å². The molecule has 0 N–H and O–H groups in total. The molecule has 6 aromatic rings. The second kappa shape index (κ2) is 21.4. The molecule has 6 aromatic carbocycles. The number of hydrogen-bond donors (Lipinski definition) is 0. The van der Waals surface area contributed by atoms with Crippen LogP contribution in [0.1, 0.15) is 205 Å². The molecule has 372 valence electrons. The third kappa shape index (κ3) is 13.4. The van der Waals surface area contributed by atoms with Gasteiger partial charge >= 0.3 is 0 Å². The average molecular weight is 941 g/mol. The maximum Gasteiger partial charge on any atom is 0.129 e. The fourth-order valence-corrected chi connectivity index (χ4v) is 10.8. The van der Waals surface area contributed by atoms with Gasteiger partial charge in [0.1, 0.15) is 16.7 Å². The Morgan fingerprint density at radius 3 is 1.21 bits per heavy atom. The Bertz CT molecular complexity index is 2610. The first-order chi connectivity index (χ1) is 33.0. The van der Waals surface area contributed by atoms with Crippen molar-refractivity contribution >= 4 is 6.08 Å². The molecule has 0 saturated heterocycles. The lowest BCUT2D eigenvalue weighted by Crippen LogP contribution is -2.26. The standard InChI is InChI=1S/C71H88/c1-20-52-22-34-61(35-23-52)70(16,17)48-65(57-30-42-62(43-31-57)69(14,15)47-50(3)54-26-38-59(39-27-54)67(8,9)10)64(46-21-49(2)53-24-36-58(37-25-53)66(5,6)7)56-32-44-63(45-33-56)71(18,19)51(4)55-28-40-60(41-29-55)68(11,12)13/h20,22-45,49-51,64-65H,1-5,8,11,21,46-48H2,6-7,9-10,12-19H3. The van der Waals surface area contributed by atoms with Crippen molar-refractivity contribution in [1.29, 1.82) is 0 Å². The topological polar surface area (TPSA) is 0 Å². The van der Waals surface area contributed by atoms with Crippen LogP contribution in [0.4, 0.5) is 0 Å². The highest BCUT2D eigenvalue weighted by Crippen LogP contribution is 2.48. The van der Waals surface area contributed by atoms with Crippen molar-refractivity contribution in [2.24, 2.45) is 0 Å². The molecule has 5 atom stereocenters. The summed E-state index contributed by atoms with van der Waals surface area (Å²) in [6.07, 6.45) is 5.79. The van der Waals surface area contributed by atoms with Crippen LogP contribution in [0.2, 0.25) is 0 Å². The normalized spacial score (nSPS) is 15.1. The SMILES string of the molecule is C=Cc1ccc(C(C)(C)CC(c2ccc(C(C)(C)CC([CH2-])c3ccc(C([CH2+])(C)C)cc3)cc2)C(CCC([CH2-])c2ccc(C([CH2-])(C)C)cc2)c2ccc(C(C)(C)C([CH2+])c3ccc(C([CH2+])(C)C)cc3)cc2)cc1. The lowest BCUT2D eigenvalue weighted by atomic mass is 9.67. The Hall–Kier alpha value is -5.33. The summed E-state index contributed by atoms with van der Waals surface area (Å²) in [5.74, 6) is 0.810. The van der Waals surface area contributed by atoms with Gasteiger partial charge in [-0.2, -0.15) is 0 Å². The van der Waals surface area contributed by atoms with E-state index < -0.39 is 0 Å². The highest BCUT2D eigenvalue weighted by molar-refractivity contribution is 5.48. The van der Waals surface area contributed by atoms with E-state index in [9.17, 15) is 0 Å². The predicted molar refractivity (Wildman–Crippen MR) is 311 cm³/mol. The van der Waals surface area contributed by atoms with Gasteiger partial charge in [-0.1, -0.05) is 243 Å². The summed E-state index contributed by atoms with van der Waals surface area (Å²) in [4.78, 5) is 0. The molecule has 0 bridgehead atoms. The summed E-state index contributed by atoms with van der Waals surface area (Å²) in [6.45, 7) is 58.7. The smallest absolute Gasteiger partial charge is 0.129 e. The molecule has 0 aromatic heterocycles. The minimum absolute atomic E-state index is 0.0626. The second-order valence-corrected chi connectivity index (χ2v) is 25.2. The molecule has 0 heteroatoms. The minimum Gasteiger partial charge on any atom is -0.336 e. The van der Waals surface area contributed by atoms with Crippen LogP contribution in [0.15, 0.2) is 152 Å². The number of benzene rings is 6. The van der Waals surface area contributed by atoms with Crippen molar-refractivity contribution in [3.8, 4) is 0 Å². The van der Waals surface area contributed by atoms with Gasteiger partial charge in [-0.05, 0) is 102 Å². The molecule has 0 fully saturated rings. The Morgan fingerprint density at radius 1 is 0.423 bits per heavy atom. The Balaban J connectivity index is 1.39. The number of rotatable bonds is 21. The summed E-state index contributed by atoms with van der Waals surface area (Å²) < 4.78 is 0. The van der Waals surface area contributed by atoms with E-state index in [0.717, 1.165) is 31.2 Å². The fourth-order valence-electron chi connectivity index (χ4n) is 10.8. The van der Waals surface area contributed by atoms with E-state index in [2.05, 4.69) is 263 Å². The van der Waals surface area contributed by atoms with Crippen molar-refractivity contribution in [1.82, 2.24) is 0 Å². The molecule has 0 aliphatic heterocycles. The van der Waals surface area contributed by atoms with Gasteiger partial charge in [-0.25, -0.2) is 0 Å². The van der Waals surface area contributed by atoms with Crippen LogP contribution in [0.5, 0.6) is 0 Å². The van der Waals surface area contributed by atoms with Gasteiger partial charge in [0.2, 0.25) is 0 Å². The van der Waals surface area contributed by atoms with E-state index in [0.29, 0.717) is 0 Å². The number of hydrogen-bond acceptors (Lipinski definition) is 0. The van der Waals surface area contributed by atoms with Gasteiger partial charge in [-0.3, -0.25) is 0 Å². The Labute approximate surface area is 435 Å². The quantitative estimate of drug-likeness (QED) is 0.0631. The van der Waals surface area contributed by atoms with Crippen LogP contribution >= 0.6 is 0 Å². The molecule has 0 heterocycles. The monoisotopic (exact) mass is 941 g/mol. The van der Waals surface area contributed by atoms with Gasteiger partial charge in [0.25, 0.3) is 0 Å². The summed E-state index contributed by atoms with van der Waals surface area (Å²) in [7, 11) is 0. The summed E-state index contributed by atoms with van der Waals surface area (Å²) in [5, 5.41) is 0. The molecule has 0 nitrogen and oxygen atoms in total. The zero-order valence-corrected chi connectivity index (χ0v) is 46.1. The van der Waals surface area contributed by atoms with Crippen LogP contribution in [-0.2, 0) is 32.5 Å². The summed E-state index contributed by atoms with van der Waals surface area (Å²) in [6, 6.07) is 55.3. The molecular formula is C71H88. The maximum absolute atomic E-state index is 4.81. The Morgan fingerprint density at radius 2 is 0.775 bits per heavy atom. The largest absolute Gasteiger partial charge is 0.336 e. The van der Waals surface area contributed by atoms with Crippen LogP contribution in [0.25, 0.3) is 6.08 Å². The summed E-state index contributed by atoms with van der Waals surface area (Å²) >= 11 is 0. The van der Waals surface area contributed by atoms with Crippen LogP contribution in [-0.4, -0.2) is 0 Å². The zero-order chi connectivity index (χ0) is 52.3. The molecule has 0 amide bonds. The van der Waals surface area contributed by atoms with Gasteiger partial charge in [0.15, 0.2) is 0 Å². The van der Waals surface area contributed by atoms with Gasteiger partial charge in [-0.15, -0.1) is 17.3 Å². The van der Waals surface area contributed by atoms with Crippen LogP contribution in [0.3, 0.4) is 0 Å². The van der Waals surface area contributed by atoms with Crippen molar-refractivity contribution in [2.45, 2.75) is 171 Å². The van der Waals surface area contributed by atoms with Gasteiger partial charge in [0, 0.05) is 16.5 Å². The van der Waals surface area contributed by atoms with E-state index in [1.54, 1.807) is 0 Å². The van der Waals surface area contributed by atoms with Crippen molar-refractivity contribution < 1.29 is 0 Å². The first-order valence-electron chi connectivity index (χ1n) is 26.3. The fraction of sp³-hybridized carbons (Fsp3) is 0.380. The first-order valence-corrected chi connectivity index (χ1v) is 26.3. The molecular weight excluding hydrogens is 853 g/mol. The zero-order valence-electron chi connectivity index (χ0n) is 46.1. The van der Waals surface area contributed by atoms with Crippen LogP contribution < -0.4 is 0 Å². The lowest BCUT2D eigenvalue weighted by Gasteiger charge is -2.37. The summed E-state index contributed by atoms with van der Waals surface area (Å²) in [5.41, 5.74) is 14.5. The molecule has 0 spiro atoms.